The summed E-state index contributed by atoms with van der Waals surface area (Å²) < 4.78 is 11.3. The lowest BCUT2D eigenvalue weighted by atomic mass is 10.1. The predicted octanol–water partition coefficient (Wildman–Crippen LogP) is 3.43. The normalized spacial score (nSPS) is 17.0. The summed E-state index contributed by atoms with van der Waals surface area (Å²) in [5.74, 6) is 0.713. The van der Waals surface area contributed by atoms with E-state index < -0.39 is 0 Å². The molecule has 0 radical (unpaired) electrons. The van der Waals surface area contributed by atoms with Crippen LogP contribution in [0.5, 0.6) is 5.75 Å². The SMILES string of the molecule is O=C(Cc1ccccc1)Nc1cccc(OC[C@H]2CCCO2)c1. The van der Waals surface area contributed by atoms with Crippen LogP contribution in [0.1, 0.15) is 18.4 Å². The summed E-state index contributed by atoms with van der Waals surface area (Å²) in [6, 6.07) is 17.2. The van der Waals surface area contributed by atoms with Crippen molar-refractivity contribution < 1.29 is 14.3 Å². The van der Waals surface area contributed by atoms with Gasteiger partial charge in [0, 0.05) is 18.4 Å². The van der Waals surface area contributed by atoms with Gasteiger partial charge in [-0.25, -0.2) is 0 Å². The molecule has 0 unspecified atom stereocenters. The molecule has 4 nitrogen and oxygen atoms in total. The third-order valence-corrected chi connectivity index (χ3v) is 3.79. The smallest absolute Gasteiger partial charge is 0.228 e. The molecule has 1 N–H and O–H groups in total. The highest BCUT2D eigenvalue weighted by Gasteiger charge is 2.16. The van der Waals surface area contributed by atoms with Crippen molar-refractivity contribution in [1.29, 1.82) is 0 Å². The second kappa shape index (κ2) is 7.79. The quantitative estimate of drug-likeness (QED) is 0.889. The van der Waals surface area contributed by atoms with Crippen molar-refractivity contribution in [2.24, 2.45) is 0 Å². The van der Waals surface area contributed by atoms with E-state index in [2.05, 4.69) is 5.32 Å². The molecule has 1 heterocycles. The summed E-state index contributed by atoms with van der Waals surface area (Å²) in [6.07, 6.45) is 2.70. The zero-order valence-corrected chi connectivity index (χ0v) is 13.0. The van der Waals surface area contributed by atoms with Gasteiger partial charge in [0.2, 0.25) is 5.91 Å². The van der Waals surface area contributed by atoms with Crippen LogP contribution in [0.25, 0.3) is 0 Å². The van der Waals surface area contributed by atoms with Crippen molar-refractivity contribution in [3.63, 3.8) is 0 Å². The molecular formula is C19H21NO3. The molecule has 120 valence electrons. The molecule has 0 bridgehead atoms. The van der Waals surface area contributed by atoms with Crippen LogP contribution in [0, 0.1) is 0 Å². The minimum atomic E-state index is -0.0347. The fraction of sp³-hybridized carbons (Fsp3) is 0.316. The average Bonchev–Trinajstić information content (AvgIpc) is 3.07. The van der Waals surface area contributed by atoms with E-state index in [1.807, 2.05) is 54.6 Å². The number of amides is 1. The fourth-order valence-electron chi connectivity index (χ4n) is 2.62. The highest BCUT2D eigenvalue weighted by Crippen LogP contribution is 2.20. The summed E-state index contributed by atoms with van der Waals surface area (Å²) >= 11 is 0. The van der Waals surface area contributed by atoms with E-state index in [1.54, 1.807) is 0 Å². The molecule has 1 fully saturated rings. The van der Waals surface area contributed by atoms with Gasteiger partial charge < -0.3 is 14.8 Å². The number of hydrogen-bond donors (Lipinski definition) is 1. The molecule has 1 amide bonds. The maximum absolute atomic E-state index is 12.1. The molecule has 3 rings (SSSR count). The van der Waals surface area contributed by atoms with E-state index in [0.29, 0.717) is 13.0 Å². The standard InChI is InChI=1S/C19H21NO3/c21-19(12-15-6-2-1-3-7-15)20-16-8-4-9-17(13-16)23-14-18-10-5-11-22-18/h1-4,6-9,13,18H,5,10-12,14H2,(H,20,21)/t18-/m1/s1. The highest BCUT2D eigenvalue weighted by molar-refractivity contribution is 5.92. The van der Waals surface area contributed by atoms with E-state index in [1.165, 1.54) is 0 Å². The largest absolute Gasteiger partial charge is 0.491 e. The van der Waals surface area contributed by atoms with E-state index in [9.17, 15) is 4.79 Å². The molecule has 1 aliphatic rings. The number of carbonyl (C=O) groups excluding carboxylic acids is 1. The molecular weight excluding hydrogens is 290 g/mol. The minimum absolute atomic E-state index is 0.0347. The maximum Gasteiger partial charge on any atom is 0.228 e. The molecule has 4 heteroatoms. The van der Waals surface area contributed by atoms with Crippen molar-refractivity contribution in [2.45, 2.75) is 25.4 Å². The maximum atomic E-state index is 12.1. The number of rotatable bonds is 6. The summed E-state index contributed by atoms with van der Waals surface area (Å²) in [6.45, 7) is 1.38. The lowest BCUT2D eigenvalue weighted by molar-refractivity contribution is -0.115. The highest BCUT2D eigenvalue weighted by atomic mass is 16.5. The van der Waals surface area contributed by atoms with Gasteiger partial charge >= 0.3 is 0 Å². The van der Waals surface area contributed by atoms with E-state index >= 15 is 0 Å². The van der Waals surface area contributed by atoms with Crippen molar-refractivity contribution >= 4 is 11.6 Å². The molecule has 2 aromatic carbocycles. The van der Waals surface area contributed by atoms with Crippen molar-refractivity contribution in [1.82, 2.24) is 0 Å². The van der Waals surface area contributed by atoms with Gasteiger partial charge in [-0.15, -0.1) is 0 Å². The third-order valence-electron chi connectivity index (χ3n) is 3.79. The van der Waals surface area contributed by atoms with E-state index in [4.69, 9.17) is 9.47 Å². The summed E-state index contributed by atoms with van der Waals surface area (Å²) in [7, 11) is 0. The van der Waals surface area contributed by atoms with E-state index in [-0.39, 0.29) is 12.0 Å². The van der Waals surface area contributed by atoms with Crippen LogP contribution >= 0.6 is 0 Å². The van der Waals surface area contributed by atoms with Gasteiger partial charge in [-0.3, -0.25) is 4.79 Å². The van der Waals surface area contributed by atoms with Gasteiger partial charge in [-0.1, -0.05) is 36.4 Å². The Morgan fingerprint density at radius 3 is 2.83 bits per heavy atom. The number of ether oxygens (including phenoxy) is 2. The summed E-state index contributed by atoms with van der Waals surface area (Å²) in [5.41, 5.74) is 1.74. The van der Waals surface area contributed by atoms with Crippen LogP contribution in [-0.4, -0.2) is 25.2 Å². The Bertz CT molecular complexity index is 636. The predicted molar refractivity (Wildman–Crippen MR) is 89.7 cm³/mol. The second-order valence-corrected chi connectivity index (χ2v) is 5.68. The topological polar surface area (TPSA) is 47.6 Å². The van der Waals surface area contributed by atoms with Crippen LogP contribution in [0.4, 0.5) is 5.69 Å². The van der Waals surface area contributed by atoms with Gasteiger partial charge in [0.15, 0.2) is 0 Å². The Hall–Kier alpha value is -2.33. The molecule has 1 aliphatic heterocycles. The van der Waals surface area contributed by atoms with Gasteiger partial charge in [0.25, 0.3) is 0 Å². The first kappa shape index (κ1) is 15.6. The Morgan fingerprint density at radius 1 is 1.17 bits per heavy atom. The first-order chi connectivity index (χ1) is 11.3. The monoisotopic (exact) mass is 311 g/mol. The molecule has 0 aliphatic carbocycles. The molecule has 0 saturated carbocycles. The number of hydrogen-bond acceptors (Lipinski definition) is 3. The molecule has 1 saturated heterocycles. The first-order valence-corrected chi connectivity index (χ1v) is 7.98. The summed E-state index contributed by atoms with van der Waals surface area (Å²) in [5, 5.41) is 2.91. The fourth-order valence-corrected chi connectivity index (χ4v) is 2.62. The van der Waals surface area contributed by atoms with Crippen LogP contribution < -0.4 is 10.1 Å². The molecule has 2 aromatic rings. The lowest BCUT2D eigenvalue weighted by Gasteiger charge is -2.12. The zero-order chi connectivity index (χ0) is 15.9. The van der Waals surface area contributed by atoms with Crippen LogP contribution in [0.15, 0.2) is 54.6 Å². The van der Waals surface area contributed by atoms with Gasteiger partial charge in [-0.2, -0.15) is 0 Å². The van der Waals surface area contributed by atoms with Crippen molar-refractivity contribution in [2.75, 3.05) is 18.5 Å². The number of carbonyl (C=O) groups is 1. The Morgan fingerprint density at radius 2 is 2.04 bits per heavy atom. The van der Waals surface area contributed by atoms with Crippen molar-refractivity contribution in [3.8, 4) is 5.75 Å². The Kier molecular flexibility index (Phi) is 5.27. The Labute approximate surface area is 136 Å². The van der Waals surface area contributed by atoms with Crippen LogP contribution in [0.3, 0.4) is 0 Å². The lowest BCUT2D eigenvalue weighted by Crippen LogP contribution is -2.17. The van der Waals surface area contributed by atoms with Gasteiger partial charge in [-0.05, 0) is 30.5 Å². The molecule has 23 heavy (non-hydrogen) atoms. The van der Waals surface area contributed by atoms with Crippen LogP contribution in [0.2, 0.25) is 0 Å². The summed E-state index contributed by atoms with van der Waals surface area (Å²) in [4.78, 5) is 12.1. The van der Waals surface area contributed by atoms with E-state index in [0.717, 1.165) is 36.4 Å². The van der Waals surface area contributed by atoms with Gasteiger partial charge in [0.1, 0.15) is 12.4 Å². The number of anilines is 1. The zero-order valence-electron chi connectivity index (χ0n) is 13.0. The number of benzene rings is 2. The first-order valence-electron chi connectivity index (χ1n) is 7.98. The second-order valence-electron chi connectivity index (χ2n) is 5.68. The minimum Gasteiger partial charge on any atom is -0.491 e. The Balaban J connectivity index is 1.53. The average molecular weight is 311 g/mol. The molecule has 0 aromatic heterocycles. The molecule has 0 spiro atoms. The number of nitrogens with one attached hydrogen (secondary N) is 1. The third kappa shape index (κ3) is 4.83. The molecule has 1 atom stereocenters. The van der Waals surface area contributed by atoms with Gasteiger partial charge in [0.05, 0.1) is 12.5 Å². The van der Waals surface area contributed by atoms with Crippen molar-refractivity contribution in [3.05, 3.63) is 60.2 Å². The van der Waals surface area contributed by atoms with Crippen LogP contribution in [-0.2, 0) is 16.0 Å².